The van der Waals surface area contributed by atoms with Gasteiger partial charge in [-0.25, -0.2) is 0 Å². The fraction of sp³-hybridized carbons (Fsp3) is 0.333. The lowest BCUT2D eigenvalue weighted by molar-refractivity contribution is -0.118. The van der Waals surface area contributed by atoms with Crippen LogP contribution in [-0.2, 0) is 10.2 Å². The zero-order chi connectivity index (χ0) is 25.1. The first-order chi connectivity index (χ1) is 18.0. The number of amides is 1. The van der Waals surface area contributed by atoms with Gasteiger partial charge in [-0.3, -0.25) is 9.89 Å². The van der Waals surface area contributed by atoms with Crippen molar-refractivity contribution in [3.63, 3.8) is 0 Å². The average Bonchev–Trinajstić information content (AvgIpc) is 3.45. The first-order valence-electron chi connectivity index (χ1n) is 13.0. The maximum Gasteiger partial charge on any atom is 0.235 e. The number of aromatic amines is 1. The largest absolute Gasteiger partial charge is 0.497 e. The number of hydrogen-bond acceptors (Lipinski definition) is 5. The highest BCUT2D eigenvalue weighted by Crippen LogP contribution is 2.65. The van der Waals surface area contributed by atoms with Gasteiger partial charge in [0, 0.05) is 35.6 Å². The first kappa shape index (κ1) is 22.4. The van der Waals surface area contributed by atoms with Gasteiger partial charge in [-0.05, 0) is 86.0 Å². The van der Waals surface area contributed by atoms with Crippen LogP contribution in [0.5, 0.6) is 11.5 Å². The van der Waals surface area contributed by atoms with Crippen molar-refractivity contribution in [2.75, 3.05) is 32.6 Å². The van der Waals surface area contributed by atoms with Crippen LogP contribution < -0.4 is 14.8 Å². The number of carbonyl (C=O) groups is 1. The number of fused-ring (bicyclic) bond motifs is 3. The Morgan fingerprint density at radius 2 is 1.78 bits per heavy atom. The summed E-state index contributed by atoms with van der Waals surface area (Å²) in [4.78, 5) is 15.4. The summed E-state index contributed by atoms with van der Waals surface area (Å²) >= 11 is 0. The zero-order valence-corrected chi connectivity index (χ0v) is 21.1. The number of piperidine rings is 1. The van der Waals surface area contributed by atoms with Gasteiger partial charge in [-0.15, -0.1) is 0 Å². The number of nitrogens with one attached hydrogen (secondary N) is 2. The lowest BCUT2D eigenvalue weighted by Gasteiger charge is -2.29. The van der Waals surface area contributed by atoms with Crippen LogP contribution in [0, 0.1) is 0 Å². The predicted octanol–water partition coefficient (Wildman–Crippen LogP) is 5.09. The van der Waals surface area contributed by atoms with Gasteiger partial charge in [-0.1, -0.05) is 12.1 Å². The Labute approximate surface area is 215 Å². The molecule has 3 aliphatic rings. The maximum atomic E-state index is 13.0. The number of benzene rings is 3. The third kappa shape index (κ3) is 3.60. The smallest absolute Gasteiger partial charge is 0.235 e. The maximum absolute atomic E-state index is 13.0. The quantitative estimate of drug-likeness (QED) is 0.404. The van der Waals surface area contributed by atoms with Crippen LogP contribution in [0.15, 0.2) is 60.7 Å². The second-order valence-corrected chi connectivity index (χ2v) is 10.6. The Hall–Kier alpha value is -3.84. The van der Waals surface area contributed by atoms with Gasteiger partial charge in [-0.2, -0.15) is 5.10 Å². The molecule has 7 nitrogen and oxygen atoms in total. The van der Waals surface area contributed by atoms with Gasteiger partial charge in [0.2, 0.25) is 5.91 Å². The number of hydrogen-bond donors (Lipinski definition) is 2. The number of carbonyl (C=O) groups excluding carboxylic acids is 1. The molecule has 1 amide bonds. The molecular weight excluding hydrogens is 464 g/mol. The molecular formula is C30H30N4O3. The van der Waals surface area contributed by atoms with E-state index >= 15 is 0 Å². The molecule has 2 N–H and O–H groups in total. The number of rotatable bonds is 5. The molecule has 2 aliphatic heterocycles. The van der Waals surface area contributed by atoms with E-state index in [-0.39, 0.29) is 17.9 Å². The van der Waals surface area contributed by atoms with Crippen molar-refractivity contribution in [3.8, 4) is 22.8 Å². The van der Waals surface area contributed by atoms with Crippen LogP contribution in [0.3, 0.4) is 0 Å². The minimum atomic E-state index is -0.510. The van der Waals surface area contributed by atoms with Crippen molar-refractivity contribution < 1.29 is 14.3 Å². The van der Waals surface area contributed by atoms with Gasteiger partial charge >= 0.3 is 0 Å². The molecule has 7 heteroatoms. The summed E-state index contributed by atoms with van der Waals surface area (Å²) in [6.07, 6.45) is 3.21. The molecule has 0 radical (unpaired) electrons. The molecule has 1 aromatic heterocycles. The average molecular weight is 495 g/mol. The summed E-state index contributed by atoms with van der Waals surface area (Å²) in [5.41, 5.74) is 5.52. The summed E-state index contributed by atoms with van der Waals surface area (Å²) in [6.45, 7) is 2.16. The first-order valence-corrected chi connectivity index (χ1v) is 13.0. The van der Waals surface area contributed by atoms with E-state index in [1.807, 2.05) is 30.3 Å². The standard InChI is InChI=1S/C30H30N4O3/c1-34-13-11-21(12-14-34)37-20-6-3-18(4-7-20)28-23-9-5-19(15-27(23)32-33-28)25-17-30(25)24-16-22(36-2)8-10-26(24)31-29(30)35/h3-10,15-16,21,25H,11-14,17H2,1-2H3,(H,31,35)(H,32,33). The molecule has 37 heavy (non-hydrogen) atoms. The summed E-state index contributed by atoms with van der Waals surface area (Å²) < 4.78 is 11.6. The van der Waals surface area contributed by atoms with E-state index in [4.69, 9.17) is 9.47 Å². The third-order valence-electron chi connectivity index (χ3n) is 8.41. The highest BCUT2D eigenvalue weighted by atomic mass is 16.5. The molecule has 1 aliphatic carbocycles. The number of likely N-dealkylation sites (tertiary alicyclic amines) is 1. The molecule has 0 bridgehead atoms. The molecule has 1 saturated heterocycles. The Morgan fingerprint density at radius 3 is 2.57 bits per heavy atom. The van der Waals surface area contributed by atoms with Gasteiger partial charge in [0.15, 0.2) is 0 Å². The predicted molar refractivity (Wildman–Crippen MR) is 143 cm³/mol. The lowest BCUT2D eigenvalue weighted by atomic mass is 9.91. The molecule has 4 aromatic rings. The van der Waals surface area contributed by atoms with Gasteiger partial charge in [0.05, 0.1) is 23.7 Å². The molecule has 1 saturated carbocycles. The van der Waals surface area contributed by atoms with Crippen molar-refractivity contribution in [2.24, 2.45) is 0 Å². The van der Waals surface area contributed by atoms with E-state index < -0.39 is 5.41 Å². The number of nitrogens with zero attached hydrogens (tertiary/aromatic N) is 2. The van der Waals surface area contributed by atoms with E-state index in [1.54, 1.807) is 7.11 Å². The van der Waals surface area contributed by atoms with Crippen LogP contribution in [0.4, 0.5) is 5.69 Å². The zero-order valence-electron chi connectivity index (χ0n) is 21.1. The highest BCUT2D eigenvalue weighted by Gasteiger charge is 2.65. The van der Waals surface area contributed by atoms with E-state index in [9.17, 15) is 4.79 Å². The Bertz CT molecular complexity index is 1500. The molecule has 3 heterocycles. The summed E-state index contributed by atoms with van der Waals surface area (Å²) in [5, 5.41) is 12.0. The monoisotopic (exact) mass is 494 g/mol. The molecule has 188 valence electrons. The normalized spacial score (nSPS) is 23.3. The van der Waals surface area contributed by atoms with Gasteiger partial charge in [0.25, 0.3) is 0 Å². The number of H-pyrrole nitrogens is 1. The van der Waals surface area contributed by atoms with E-state index in [1.165, 1.54) is 0 Å². The van der Waals surface area contributed by atoms with E-state index in [0.717, 1.165) is 82.8 Å². The molecule has 7 rings (SSSR count). The topological polar surface area (TPSA) is 79.5 Å². The minimum absolute atomic E-state index is 0.0775. The Kier molecular flexibility index (Phi) is 5.05. The SMILES string of the molecule is COc1ccc2c(c1)C1(CC1c1ccc3c(-c4ccc(OC5CCN(C)CC5)cc4)n[nH]c3c1)C(=O)N2. The molecule has 2 unspecified atom stereocenters. The summed E-state index contributed by atoms with van der Waals surface area (Å²) in [6, 6.07) is 20.5. The lowest BCUT2D eigenvalue weighted by Crippen LogP contribution is -2.35. The van der Waals surface area contributed by atoms with Crippen molar-refractivity contribution in [2.45, 2.75) is 36.7 Å². The number of ether oxygens (including phenoxy) is 2. The van der Waals surface area contributed by atoms with E-state index in [0.29, 0.717) is 0 Å². The van der Waals surface area contributed by atoms with Crippen LogP contribution in [0.1, 0.15) is 36.3 Å². The van der Waals surface area contributed by atoms with Crippen LogP contribution >= 0.6 is 0 Å². The number of aromatic nitrogens is 2. The Balaban J connectivity index is 1.12. The third-order valence-corrected chi connectivity index (χ3v) is 8.41. The van der Waals surface area contributed by atoms with Crippen LogP contribution in [0.25, 0.3) is 22.2 Å². The van der Waals surface area contributed by atoms with Crippen molar-refractivity contribution in [1.29, 1.82) is 0 Å². The second-order valence-electron chi connectivity index (χ2n) is 10.6. The van der Waals surface area contributed by atoms with Crippen molar-refractivity contribution >= 4 is 22.5 Å². The molecule has 2 fully saturated rings. The molecule has 1 spiro atoms. The van der Waals surface area contributed by atoms with Gasteiger partial charge < -0.3 is 19.7 Å². The minimum Gasteiger partial charge on any atom is -0.497 e. The fourth-order valence-electron chi connectivity index (χ4n) is 6.16. The second kappa shape index (κ2) is 8.35. The van der Waals surface area contributed by atoms with E-state index in [2.05, 4.69) is 57.8 Å². The molecule has 2 atom stereocenters. The highest BCUT2D eigenvalue weighted by molar-refractivity contribution is 6.10. The summed E-state index contributed by atoms with van der Waals surface area (Å²) in [7, 11) is 3.82. The van der Waals surface area contributed by atoms with Crippen molar-refractivity contribution in [3.05, 3.63) is 71.8 Å². The fourth-order valence-corrected chi connectivity index (χ4v) is 6.16. The summed E-state index contributed by atoms with van der Waals surface area (Å²) in [5.74, 6) is 1.89. The van der Waals surface area contributed by atoms with Gasteiger partial charge in [0.1, 0.15) is 17.6 Å². The molecule has 3 aromatic carbocycles. The van der Waals surface area contributed by atoms with Crippen LogP contribution in [0.2, 0.25) is 0 Å². The Morgan fingerprint density at radius 1 is 1.00 bits per heavy atom. The van der Waals surface area contributed by atoms with Crippen LogP contribution in [-0.4, -0.2) is 54.4 Å². The van der Waals surface area contributed by atoms with Crippen molar-refractivity contribution in [1.82, 2.24) is 15.1 Å². The number of anilines is 1. The number of methoxy groups -OCH3 is 1.